The van der Waals surface area contributed by atoms with Crippen molar-refractivity contribution in [1.29, 1.82) is 0 Å². The number of hydrogen-bond acceptors (Lipinski definition) is 3. The minimum atomic E-state index is -2.89. The van der Waals surface area contributed by atoms with Crippen LogP contribution in [0.15, 0.2) is 24.3 Å². The van der Waals surface area contributed by atoms with Gasteiger partial charge >= 0.3 is 6.61 Å². The third-order valence-electron chi connectivity index (χ3n) is 3.37. The normalized spacial score (nSPS) is 16.3. The van der Waals surface area contributed by atoms with Gasteiger partial charge in [0.15, 0.2) is 0 Å². The number of benzene rings is 1. The molecule has 0 unspecified atom stereocenters. The Hall–Kier alpha value is -1.40. The molecule has 1 aliphatic heterocycles. The molecule has 0 aliphatic carbocycles. The minimum Gasteiger partial charge on any atom is -0.435 e. The lowest BCUT2D eigenvalue weighted by Gasteiger charge is -2.34. The number of carbonyl (C=O) groups is 1. The highest BCUT2D eigenvalue weighted by molar-refractivity contribution is 6.18. The number of nitrogens with zero attached hydrogens (tertiary/aromatic N) is 2. The maximum absolute atomic E-state index is 12.3. The minimum absolute atomic E-state index is 0.00312. The first-order chi connectivity index (χ1) is 10.1. The fraction of sp³-hybridized carbons (Fsp3) is 0.500. The van der Waals surface area contributed by atoms with Gasteiger partial charge in [-0.1, -0.05) is 6.07 Å². The molecule has 7 heteroatoms. The average molecular weight is 319 g/mol. The zero-order chi connectivity index (χ0) is 15.2. The summed E-state index contributed by atoms with van der Waals surface area (Å²) in [6.45, 7) is 0.665. The highest BCUT2D eigenvalue weighted by atomic mass is 35.5. The van der Waals surface area contributed by atoms with Gasteiger partial charge in [0.25, 0.3) is 5.91 Å². The molecule has 0 saturated carbocycles. The molecular weight excluding hydrogens is 302 g/mol. The van der Waals surface area contributed by atoms with Gasteiger partial charge in [0.2, 0.25) is 0 Å². The highest BCUT2D eigenvalue weighted by Crippen LogP contribution is 2.18. The highest BCUT2D eigenvalue weighted by Gasteiger charge is 2.22. The number of amides is 1. The molecule has 1 fully saturated rings. The summed E-state index contributed by atoms with van der Waals surface area (Å²) in [5.41, 5.74) is 0.360. The Bertz CT molecular complexity index is 480. The molecule has 2 rings (SSSR count). The van der Waals surface area contributed by atoms with Crippen LogP contribution in [0.4, 0.5) is 8.78 Å². The standard InChI is InChI=1S/C14H17ClF2N2O2/c15-4-5-18-6-8-19(9-7-18)13(20)11-2-1-3-12(10-11)21-14(16)17/h1-3,10,14H,4-9H2. The molecule has 0 N–H and O–H groups in total. The van der Waals surface area contributed by atoms with Crippen LogP contribution in [-0.4, -0.2) is 60.9 Å². The lowest BCUT2D eigenvalue weighted by atomic mass is 10.1. The van der Waals surface area contributed by atoms with Crippen molar-refractivity contribution in [3.8, 4) is 5.75 Å². The first kappa shape index (κ1) is 16.0. The third kappa shape index (κ3) is 4.54. The van der Waals surface area contributed by atoms with E-state index in [1.165, 1.54) is 18.2 Å². The van der Waals surface area contributed by atoms with E-state index in [9.17, 15) is 13.6 Å². The van der Waals surface area contributed by atoms with E-state index in [1.807, 2.05) is 0 Å². The van der Waals surface area contributed by atoms with Crippen molar-refractivity contribution < 1.29 is 18.3 Å². The molecule has 0 radical (unpaired) electrons. The molecule has 1 heterocycles. The van der Waals surface area contributed by atoms with Gasteiger partial charge in [0, 0.05) is 44.2 Å². The van der Waals surface area contributed by atoms with Crippen LogP contribution in [0.1, 0.15) is 10.4 Å². The van der Waals surface area contributed by atoms with Crippen LogP contribution in [0.5, 0.6) is 5.75 Å². The fourth-order valence-electron chi connectivity index (χ4n) is 2.28. The molecule has 21 heavy (non-hydrogen) atoms. The van der Waals surface area contributed by atoms with Gasteiger partial charge in [-0.05, 0) is 18.2 Å². The van der Waals surface area contributed by atoms with Crippen LogP contribution in [0, 0.1) is 0 Å². The number of carbonyl (C=O) groups excluding carboxylic acids is 1. The summed E-state index contributed by atoms with van der Waals surface area (Å²) < 4.78 is 28.7. The van der Waals surface area contributed by atoms with Gasteiger partial charge in [0.05, 0.1) is 0 Å². The Morgan fingerprint density at radius 2 is 2.00 bits per heavy atom. The SMILES string of the molecule is O=C(c1cccc(OC(F)F)c1)N1CCN(CCCl)CC1. The molecule has 0 aromatic heterocycles. The molecule has 0 spiro atoms. The summed E-state index contributed by atoms with van der Waals surface area (Å²) in [5.74, 6) is 0.401. The first-order valence-electron chi connectivity index (χ1n) is 6.72. The molecule has 1 aromatic carbocycles. The van der Waals surface area contributed by atoms with Crippen molar-refractivity contribution in [2.45, 2.75) is 6.61 Å². The molecule has 1 aromatic rings. The van der Waals surface area contributed by atoms with Crippen molar-refractivity contribution in [3.05, 3.63) is 29.8 Å². The quantitative estimate of drug-likeness (QED) is 0.781. The predicted octanol–water partition coefficient (Wildman–Crippen LogP) is 2.28. The summed E-state index contributed by atoms with van der Waals surface area (Å²) >= 11 is 5.69. The second-order valence-corrected chi connectivity index (χ2v) is 5.11. The summed E-state index contributed by atoms with van der Waals surface area (Å²) in [4.78, 5) is 16.2. The van der Waals surface area contributed by atoms with Gasteiger partial charge < -0.3 is 9.64 Å². The lowest BCUT2D eigenvalue weighted by molar-refractivity contribution is -0.0499. The second-order valence-electron chi connectivity index (χ2n) is 4.73. The number of hydrogen-bond donors (Lipinski definition) is 0. The average Bonchev–Trinajstić information content (AvgIpc) is 2.47. The van der Waals surface area contributed by atoms with Crippen LogP contribution in [0.25, 0.3) is 0 Å². The summed E-state index contributed by atoms with van der Waals surface area (Å²) in [7, 11) is 0. The Kier molecular flexibility index (Phi) is 5.76. The topological polar surface area (TPSA) is 32.8 Å². The maximum atomic E-state index is 12.3. The fourth-order valence-corrected chi connectivity index (χ4v) is 2.52. The Morgan fingerprint density at radius 1 is 1.29 bits per heavy atom. The van der Waals surface area contributed by atoms with E-state index in [0.717, 1.165) is 19.6 Å². The molecule has 1 aliphatic rings. The van der Waals surface area contributed by atoms with Gasteiger partial charge in [-0.3, -0.25) is 9.69 Å². The molecule has 0 atom stereocenters. The first-order valence-corrected chi connectivity index (χ1v) is 7.26. The molecule has 116 valence electrons. The van der Waals surface area contributed by atoms with Crippen LogP contribution in [-0.2, 0) is 0 Å². The van der Waals surface area contributed by atoms with Crippen molar-refractivity contribution in [2.24, 2.45) is 0 Å². The summed E-state index contributed by atoms with van der Waals surface area (Å²) in [6, 6.07) is 5.89. The second kappa shape index (κ2) is 7.56. The van der Waals surface area contributed by atoms with E-state index in [2.05, 4.69) is 9.64 Å². The number of ether oxygens (including phenoxy) is 1. The van der Waals surface area contributed by atoms with Crippen molar-refractivity contribution in [3.63, 3.8) is 0 Å². The van der Waals surface area contributed by atoms with Crippen molar-refractivity contribution >= 4 is 17.5 Å². The van der Waals surface area contributed by atoms with Crippen LogP contribution < -0.4 is 4.74 Å². The Labute approximate surface area is 127 Å². The van der Waals surface area contributed by atoms with Gasteiger partial charge in [-0.25, -0.2) is 0 Å². The zero-order valence-corrected chi connectivity index (χ0v) is 12.2. The Balaban J connectivity index is 1.97. The maximum Gasteiger partial charge on any atom is 0.387 e. The van der Waals surface area contributed by atoms with Gasteiger partial charge in [-0.15, -0.1) is 11.6 Å². The van der Waals surface area contributed by atoms with E-state index in [-0.39, 0.29) is 11.7 Å². The monoisotopic (exact) mass is 318 g/mol. The number of alkyl halides is 3. The largest absolute Gasteiger partial charge is 0.435 e. The zero-order valence-electron chi connectivity index (χ0n) is 11.5. The van der Waals surface area contributed by atoms with E-state index in [0.29, 0.717) is 24.5 Å². The van der Waals surface area contributed by atoms with Crippen LogP contribution in [0.2, 0.25) is 0 Å². The number of halogens is 3. The predicted molar refractivity (Wildman–Crippen MR) is 76.1 cm³/mol. The van der Waals surface area contributed by atoms with E-state index in [4.69, 9.17) is 11.6 Å². The van der Waals surface area contributed by atoms with Gasteiger partial charge in [-0.2, -0.15) is 8.78 Å². The van der Waals surface area contributed by atoms with Crippen LogP contribution >= 0.6 is 11.6 Å². The number of rotatable bonds is 5. The van der Waals surface area contributed by atoms with Crippen molar-refractivity contribution in [2.75, 3.05) is 38.6 Å². The Morgan fingerprint density at radius 3 is 2.62 bits per heavy atom. The smallest absolute Gasteiger partial charge is 0.387 e. The number of piperazine rings is 1. The molecular formula is C14H17ClF2N2O2. The lowest BCUT2D eigenvalue weighted by Crippen LogP contribution is -2.49. The third-order valence-corrected chi connectivity index (χ3v) is 3.54. The summed E-state index contributed by atoms with van der Waals surface area (Å²) in [6.07, 6.45) is 0. The molecule has 0 bridgehead atoms. The molecule has 1 saturated heterocycles. The molecule has 1 amide bonds. The van der Waals surface area contributed by atoms with E-state index < -0.39 is 6.61 Å². The van der Waals surface area contributed by atoms with Crippen molar-refractivity contribution in [1.82, 2.24) is 9.80 Å². The molecule has 4 nitrogen and oxygen atoms in total. The van der Waals surface area contributed by atoms with E-state index in [1.54, 1.807) is 11.0 Å². The van der Waals surface area contributed by atoms with Gasteiger partial charge in [0.1, 0.15) is 5.75 Å². The van der Waals surface area contributed by atoms with Crippen LogP contribution in [0.3, 0.4) is 0 Å². The summed E-state index contributed by atoms with van der Waals surface area (Å²) in [5, 5.41) is 0. The van der Waals surface area contributed by atoms with E-state index >= 15 is 0 Å².